The highest BCUT2D eigenvalue weighted by molar-refractivity contribution is 8.13. The third kappa shape index (κ3) is 2.59. The molecule has 3 unspecified atom stereocenters. The lowest BCUT2D eigenvalue weighted by atomic mass is 9.84. The van der Waals surface area contributed by atoms with Gasteiger partial charge in [0.05, 0.1) is 16.8 Å². The standard InChI is InChI=1S/C17H14ClN3OS2/c1-21-7-12(16(23)20-17(21)22)14-11-4-3-10(18)6-9(11)2-5-13-15(14)19-8-24-13/h2-8,13-15H,1H3,(H,20,22,23). The average Bonchev–Trinajstić information content (AvgIpc) is 2.95. The number of H-pyrrole nitrogens is 1. The van der Waals surface area contributed by atoms with Crippen molar-refractivity contribution in [3.63, 3.8) is 0 Å². The normalized spacial score (nSPS) is 24.5. The maximum Gasteiger partial charge on any atom is 0.326 e. The van der Waals surface area contributed by atoms with Crippen LogP contribution in [0.3, 0.4) is 0 Å². The molecule has 4 rings (SSSR count). The van der Waals surface area contributed by atoms with Crippen molar-refractivity contribution in [2.75, 3.05) is 0 Å². The smallest absolute Gasteiger partial charge is 0.304 e. The lowest BCUT2D eigenvalue weighted by molar-refractivity contribution is 0.613. The number of aryl methyl sites for hydroxylation is 1. The van der Waals surface area contributed by atoms with Gasteiger partial charge in [-0.05, 0) is 23.3 Å². The number of aliphatic imine (C=N–C) groups is 1. The molecule has 0 bridgehead atoms. The molecule has 0 saturated carbocycles. The molecule has 1 aliphatic carbocycles. The van der Waals surface area contributed by atoms with Gasteiger partial charge in [-0.15, -0.1) is 11.8 Å². The average molecular weight is 376 g/mol. The fourth-order valence-corrected chi connectivity index (χ4v) is 4.64. The Labute approximate surface area is 153 Å². The summed E-state index contributed by atoms with van der Waals surface area (Å²) < 4.78 is 2.00. The van der Waals surface area contributed by atoms with E-state index in [1.165, 1.54) is 4.57 Å². The zero-order chi connectivity index (χ0) is 16.8. The number of fused-ring (bicyclic) bond motifs is 2. The van der Waals surface area contributed by atoms with Gasteiger partial charge >= 0.3 is 5.69 Å². The molecule has 1 N–H and O–H groups in total. The summed E-state index contributed by atoms with van der Waals surface area (Å²) in [5.41, 5.74) is 4.80. The number of nitrogens with one attached hydrogen (secondary N) is 1. The Balaban J connectivity index is 1.99. The summed E-state index contributed by atoms with van der Waals surface area (Å²) in [6, 6.07) is 5.93. The van der Waals surface area contributed by atoms with Crippen LogP contribution in [0, 0.1) is 4.64 Å². The molecular formula is C17H14ClN3OS2. The Morgan fingerprint density at radius 3 is 3.04 bits per heavy atom. The van der Waals surface area contributed by atoms with E-state index < -0.39 is 0 Å². The largest absolute Gasteiger partial charge is 0.326 e. The van der Waals surface area contributed by atoms with Crippen LogP contribution in [0.2, 0.25) is 5.02 Å². The summed E-state index contributed by atoms with van der Waals surface area (Å²) >= 11 is 13.3. The first-order valence-electron chi connectivity index (χ1n) is 7.49. The van der Waals surface area contributed by atoms with Gasteiger partial charge in [0, 0.05) is 29.7 Å². The second kappa shape index (κ2) is 6.02. The molecule has 1 aromatic carbocycles. The minimum Gasteiger partial charge on any atom is -0.304 e. The maximum absolute atomic E-state index is 11.8. The number of nitrogens with zero attached hydrogens (tertiary/aromatic N) is 2. The zero-order valence-electron chi connectivity index (χ0n) is 12.8. The molecule has 0 saturated heterocycles. The molecule has 0 spiro atoms. The van der Waals surface area contributed by atoms with Crippen molar-refractivity contribution in [2.45, 2.75) is 17.2 Å². The van der Waals surface area contributed by atoms with Crippen molar-refractivity contribution in [3.8, 4) is 0 Å². The summed E-state index contributed by atoms with van der Waals surface area (Å²) in [6.07, 6.45) is 6.10. The monoisotopic (exact) mass is 375 g/mol. The minimum atomic E-state index is -0.215. The number of benzene rings is 1. The van der Waals surface area contributed by atoms with Gasteiger partial charge in [0.25, 0.3) is 0 Å². The summed E-state index contributed by atoms with van der Waals surface area (Å²) in [5, 5.41) is 0.943. The first-order valence-corrected chi connectivity index (χ1v) is 9.22. The predicted molar refractivity (Wildman–Crippen MR) is 103 cm³/mol. The van der Waals surface area contributed by atoms with Crippen molar-refractivity contribution in [1.29, 1.82) is 0 Å². The number of hydrogen-bond donors (Lipinski definition) is 1. The molecule has 3 atom stereocenters. The van der Waals surface area contributed by atoms with Crippen LogP contribution >= 0.6 is 35.6 Å². The summed E-state index contributed by atoms with van der Waals surface area (Å²) in [4.78, 5) is 19.3. The molecule has 24 heavy (non-hydrogen) atoms. The molecule has 0 amide bonds. The van der Waals surface area contributed by atoms with E-state index in [-0.39, 0.29) is 22.9 Å². The molecule has 0 fully saturated rings. The van der Waals surface area contributed by atoms with E-state index in [0.29, 0.717) is 9.66 Å². The molecule has 2 heterocycles. The summed E-state index contributed by atoms with van der Waals surface area (Å²) in [6.45, 7) is 0. The number of hydrogen-bond acceptors (Lipinski definition) is 4. The first-order chi connectivity index (χ1) is 11.5. The van der Waals surface area contributed by atoms with E-state index in [9.17, 15) is 4.79 Å². The van der Waals surface area contributed by atoms with Crippen molar-refractivity contribution < 1.29 is 0 Å². The van der Waals surface area contributed by atoms with E-state index in [1.807, 2.05) is 29.9 Å². The summed E-state index contributed by atoms with van der Waals surface area (Å²) in [7, 11) is 1.72. The second-order valence-electron chi connectivity index (χ2n) is 5.91. The molecule has 1 aliphatic heterocycles. The lowest BCUT2D eigenvalue weighted by Gasteiger charge is -2.25. The van der Waals surface area contributed by atoms with E-state index >= 15 is 0 Å². The fraction of sp³-hybridized carbons (Fsp3) is 0.235. The third-order valence-electron chi connectivity index (χ3n) is 4.45. The van der Waals surface area contributed by atoms with Crippen LogP contribution in [-0.2, 0) is 7.05 Å². The quantitative estimate of drug-likeness (QED) is 0.772. The number of thioether (sulfide) groups is 1. The van der Waals surface area contributed by atoms with Crippen molar-refractivity contribution in [2.24, 2.45) is 12.0 Å². The van der Waals surface area contributed by atoms with Gasteiger partial charge < -0.3 is 4.57 Å². The predicted octanol–water partition coefficient (Wildman–Crippen LogP) is 3.77. The van der Waals surface area contributed by atoms with E-state index in [4.69, 9.17) is 28.8 Å². The van der Waals surface area contributed by atoms with Gasteiger partial charge in [-0.25, -0.2) is 4.79 Å². The van der Waals surface area contributed by atoms with Crippen LogP contribution < -0.4 is 5.69 Å². The van der Waals surface area contributed by atoms with Crippen LogP contribution in [0.5, 0.6) is 0 Å². The van der Waals surface area contributed by atoms with Gasteiger partial charge in [-0.1, -0.05) is 42.0 Å². The lowest BCUT2D eigenvalue weighted by Crippen LogP contribution is -2.28. The Morgan fingerprint density at radius 2 is 2.21 bits per heavy atom. The third-order valence-corrected chi connectivity index (χ3v) is 6.02. The number of halogens is 1. The summed E-state index contributed by atoms with van der Waals surface area (Å²) in [5.74, 6) is -0.0286. The molecule has 122 valence electrons. The van der Waals surface area contributed by atoms with E-state index in [0.717, 1.165) is 16.7 Å². The van der Waals surface area contributed by atoms with Crippen LogP contribution in [0.15, 0.2) is 40.3 Å². The minimum absolute atomic E-state index is 0.0286. The molecule has 1 aromatic heterocycles. The number of rotatable bonds is 1. The van der Waals surface area contributed by atoms with Crippen LogP contribution in [0.25, 0.3) is 6.08 Å². The van der Waals surface area contributed by atoms with E-state index in [1.54, 1.807) is 18.8 Å². The number of aromatic nitrogens is 2. The second-order valence-corrected chi connectivity index (χ2v) is 7.78. The van der Waals surface area contributed by atoms with Gasteiger partial charge in [-0.3, -0.25) is 9.98 Å². The number of aromatic amines is 1. The fourth-order valence-electron chi connectivity index (χ4n) is 3.29. The molecule has 2 aromatic rings. The highest BCUT2D eigenvalue weighted by Crippen LogP contribution is 2.42. The highest BCUT2D eigenvalue weighted by Gasteiger charge is 2.36. The highest BCUT2D eigenvalue weighted by atomic mass is 35.5. The van der Waals surface area contributed by atoms with Gasteiger partial charge in [0.1, 0.15) is 4.64 Å². The maximum atomic E-state index is 11.8. The Bertz CT molecular complexity index is 992. The Kier molecular flexibility index (Phi) is 3.98. The van der Waals surface area contributed by atoms with Gasteiger partial charge in [0.2, 0.25) is 0 Å². The van der Waals surface area contributed by atoms with Gasteiger partial charge in [-0.2, -0.15) is 0 Å². The first kappa shape index (κ1) is 15.9. The van der Waals surface area contributed by atoms with E-state index in [2.05, 4.69) is 17.1 Å². The van der Waals surface area contributed by atoms with Crippen molar-refractivity contribution in [1.82, 2.24) is 9.55 Å². The zero-order valence-corrected chi connectivity index (χ0v) is 15.2. The van der Waals surface area contributed by atoms with Crippen LogP contribution in [0.4, 0.5) is 0 Å². The van der Waals surface area contributed by atoms with Crippen LogP contribution in [0.1, 0.15) is 22.6 Å². The SMILES string of the molecule is Cn1cc(C2c3ccc(Cl)cc3C=CC3SC=NC32)c(=S)[nH]c1=O. The Hall–Kier alpha value is -1.63. The van der Waals surface area contributed by atoms with Crippen LogP contribution in [-0.4, -0.2) is 26.4 Å². The molecule has 0 radical (unpaired) electrons. The molecule has 4 nitrogen and oxygen atoms in total. The topological polar surface area (TPSA) is 50.1 Å². The Morgan fingerprint density at radius 1 is 1.38 bits per heavy atom. The molecule has 2 aliphatic rings. The van der Waals surface area contributed by atoms with Gasteiger partial charge in [0.15, 0.2) is 0 Å². The molecular weight excluding hydrogens is 362 g/mol. The van der Waals surface area contributed by atoms with Crippen molar-refractivity contribution in [3.05, 3.63) is 67.3 Å². The van der Waals surface area contributed by atoms with Crippen molar-refractivity contribution >= 4 is 47.2 Å². The molecule has 7 heteroatoms.